The molecule has 0 saturated heterocycles. The maximum absolute atomic E-state index is 12.9. The zero-order chi connectivity index (χ0) is 18.4. The number of rotatable bonds is 5. The van der Waals surface area contributed by atoms with Crippen LogP contribution in [0, 0.1) is 5.82 Å². The minimum atomic E-state index is -0.426. The highest BCUT2D eigenvalue weighted by atomic mass is 35.5. The largest absolute Gasteiger partial charge is 0.320 e. The highest BCUT2D eigenvalue weighted by Gasteiger charge is 2.14. The Labute approximate surface area is 158 Å². The first-order valence-corrected chi connectivity index (χ1v) is 8.81. The molecule has 1 heterocycles. The number of aromatic nitrogens is 2. The summed E-state index contributed by atoms with van der Waals surface area (Å²) in [6.45, 7) is 0. The molecule has 0 aliphatic heterocycles. The van der Waals surface area contributed by atoms with E-state index in [9.17, 15) is 9.18 Å². The lowest BCUT2D eigenvalue weighted by Gasteiger charge is -2.01. The van der Waals surface area contributed by atoms with Crippen LogP contribution in [-0.2, 0) is 0 Å². The molecule has 26 heavy (non-hydrogen) atoms. The Morgan fingerprint density at radius 2 is 1.73 bits per heavy atom. The molecule has 3 rings (SSSR count). The third-order valence-electron chi connectivity index (χ3n) is 3.26. The summed E-state index contributed by atoms with van der Waals surface area (Å²) < 4.78 is 12.9. The quantitative estimate of drug-likeness (QED) is 0.612. The minimum Gasteiger partial charge on any atom is -0.320 e. The number of nitrogens with zero attached hydrogens (tertiary/aromatic N) is 2. The normalized spacial score (nSPS) is 11.7. The summed E-state index contributed by atoms with van der Waals surface area (Å²) in [5.74, 6) is -0.800. The van der Waals surface area contributed by atoms with E-state index in [0.717, 1.165) is 16.9 Å². The molecule has 1 N–H and O–H groups in total. The molecule has 7 heteroatoms. The molecule has 2 aromatic carbocycles. The molecule has 0 atom stereocenters. The van der Waals surface area contributed by atoms with E-state index in [0.29, 0.717) is 15.7 Å². The van der Waals surface area contributed by atoms with Crippen LogP contribution in [0.25, 0.3) is 11.1 Å². The molecule has 130 valence electrons. The van der Waals surface area contributed by atoms with Gasteiger partial charge in [-0.25, -0.2) is 4.39 Å². The van der Waals surface area contributed by atoms with Crippen molar-refractivity contribution in [2.45, 2.75) is 0 Å². The van der Waals surface area contributed by atoms with Gasteiger partial charge in [-0.05, 0) is 35.9 Å². The number of hydrogen-bond acceptors (Lipinski definition) is 4. The monoisotopic (exact) mass is 385 g/mol. The first kappa shape index (κ1) is 18.0. The standard InChI is InChI=1S/C19H13ClFN3OS/c20-16(8-4-7-13-5-2-1-3-6-13)18-23-24-19(26-18)17(25)22-15-11-9-14(21)10-12-15/h1-12H,(H,22,25). The van der Waals surface area contributed by atoms with Gasteiger partial charge in [-0.2, -0.15) is 0 Å². The fourth-order valence-electron chi connectivity index (χ4n) is 2.01. The molecule has 0 fully saturated rings. The number of hydrogen-bond donors (Lipinski definition) is 1. The summed E-state index contributed by atoms with van der Waals surface area (Å²) in [6.07, 6.45) is 5.40. The molecule has 0 bridgehead atoms. The first-order valence-electron chi connectivity index (χ1n) is 7.61. The van der Waals surface area contributed by atoms with Gasteiger partial charge < -0.3 is 5.32 Å². The van der Waals surface area contributed by atoms with Crippen molar-refractivity contribution < 1.29 is 9.18 Å². The lowest BCUT2D eigenvalue weighted by Crippen LogP contribution is -2.11. The molecule has 4 nitrogen and oxygen atoms in total. The van der Waals surface area contributed by atoms with Crippen LogP contribution >= 0.6 is 22.9 Å². The number of benzene rings is 2. The number of allylic oxidation sites excluding steroid dienone is 2. The SMILES string of the molecule is O=C(Nc1ccc(F)cc1)c1nnc(C(Cl)=CC=Cc2ccccc2)s1. The maximum Gasteiger partial charge on any atom is 0.286 e. The summed E-state index contributed by atoms with van der Waals surface area (Å²) >= 11 is 7.29. The van der Waals surface area contributed by atoms with Gasteiger partial charge in [-0.3, -0.25) is 4.79 Å². The van der Waals surface area contributed by atoms with E-state index in [2.05, 4.69) is 15.5 Å². The summed E-state index contributed by atoms with van der Waals surface area (Å²) in [5, 5.41) is 11.4. The molecule has 3 aromatic rings. The second-order valence-electron chi connectivity index (χ2n) is 5.16. The Morgan fingerprint density at radius 1 is 1.04 bits per heavy atom. The predicted octanol–water partition coefficient (Wildman–Crippen LogP) is 5.22. The molecule has 0 aliphatic carbocycles. The lowest BCUT2D eigenvalue weighted by molar-refractivity contribution is 0.102. The van der Waals surface area contributed by atoms with Crippen LogP contribution in [0.2, 0.25) is 0 Å². The third kappa shape index (κ3) is 4.84. The van der Waals surface area contributed by atoms with Crippen molar-refractivity contribution in [2.24, 2.45) is 0 Å². The second-order valence-corrected chi connectivity index (χ2v) is 6.54. The van der Waals surface area contributed by atoms with Crippen molar-refractivity contribution >= 4 is 45.6 Å². The number of anilines is 1. The molecule has 0 radical (unpaired) electrons. The van der Waals surface area contributed by atoms with E-state index < -0.39 is 5.91 Å². The number of halogens is 2. The zero-order valence-corrected chi connectivity index (χ0v) is 15.0. The van der Waals surface area contributed by atoms with Crippen LogP contribution < -0.4 is 5.32 Å². The van der Waals surface area contributed by atoms with Crippen LogP contribution in [0.1, 0.15) is 20.4 Å². The molecule has 0 unspecified atom stereocenters. The van der Waals surface area contributed by atoms with Crippen LogP contribution in [-0.4, -0.2) is 16.1 Å². The van der Waals surface area contributed by atoms with E-state index in [4.69, 9.17) is 11.6 Å². The molecule has 1 amide bonds. The average Bonchev–Trinajstić information content (AvgIpc) is 3.15. The number of amides is 1. The van der Waals surface area contributed by atoms with Gasteiger partial charge >= 0.3 is 0 Å². The Bertz CT molecular complexity index is 952. The van der Waals surface area contributed by atoms with Crippen LogP contribution in [0.5, 0.6) is 0 Å². The van der Waals surface area contributed by atoms with Gasteiger partial charge in [-0.1, -0.05) is 65.4 Å². The van der Waals surface area contributed by atoms with Crippen molar-refractivity contribution in [1.82, 2.24) is 10.2 Å². The van der Waals surface area contributed by atoms with Crippen molar-refractivity contribution in [1.29, 1.82) is 0 Å². The maximum atomic E-state index is 12.9. The number of nitrogens with one attached hydrogen (secondary N) is 1. The number of carbonyl (C=O) groups excluding carboxylic acids is 1. The van der Waals surface area contributed by atoms with Gasteiger partial charge in [-0.15, -0.1) is 10.2 Å². The Balaban J connectivity index is 1.66. The smallest absolute Gasteiger partial charge is 0.286 e. The van der Waals surface area contributed by atoms with Crippen LogP contribution in [0.15, 0.2) is 66.7 Å². The van der Waals surface area contributed by atoms with Gasteiger partial charge in [0, 0.05) is 5.69 Å². The lowest BCUT2D eigenvalue weighted by atomic mass is 10.2. The Hall–Kier alpha value is -2.83. The molecule has 1 aromatic heterocycles. The van der Waals surface area contributed by atoms with E-state index in [1.807, 2.05) is 36.4 Å². The fourth-order valence-corrected chi connectivity index (χ4v) is 2.89. The van der Waals surface area contributed by atoms with Gasteiger partial charge in [0.25, 0.3) is 5.91 Å². The molecule has 0 spiro atoms. The summed E-state index contributed by atoms with van der Waals surface area (Å²) in [4.78, 5) is 12.2. The zero-order valence-electron chi connectivity index (χ0n) is 13.4. The Morgan fingerprint density at radius 3 is 2.46 bits per heavy atom. The van der Waals surface area contributed by atoms with Crippen LogP contribution in [0.3, 0.4) is 0 Å². The highest BCUT2D eigenvalue weighted by Crippen LogP contribution is 2.23. The number of carbonyl (C=O) groups is 1. The predicted molar refractivity (Wildman–Crippen MR) is 104 cm³/mol. The summed E-state index contributed by atoms with van der Waals surface area (Å²) in [5.41, 5.74) is 1.52. The van der Waals surface area contributed by atoms with Gasteiger partial charge in [0.15, 0.2) is 5.01 Å². The van der Waals surface area contributed by atoms with E-state index in [1.165, 1.54) is 24.3 Å². The van der Waals surface area contributed by atoms with E-state index in [1.54, 1.807) is 12.2 Å². The van der Waals surface area contributed by atoms with Crippen molar-refractivity contribution in [3.8, 4) is 0 Å². The Kier molecular flexibility index (Phi) is 5.88. The third-order valence-corrected chi connectivity index (χ3v) is 4.63. The highest BCUT2D eigenvalue weighted by molar-refractivity contribution is 7.15. The van der Waals surface area contributed by atoms with Crippen LogP contribution in [0.4, 0.5) is 10.1 Å². The minimum absolute atomic E-state index is 0.169. The molecular weight excluding hydrogens is 373 g/mol. The van der Waals surface area contributed by atoms with Crippen molar-refractivity contribution in [2.75, 3.05) is 5.32 Å². The van der Waals surface area contributed by atoms with Gasteiger partial charge in [0.2, 0.25) is 5.01 Å². The summed E-state index contributed by atoms with van der Waals surface area (Å²) in [6, 6.07) is 15.2. The van der Waals surface area contributed by atoms with Gasteiger partial charge in [0.05, 0.1) is 5.03 Å². The van der Waals surface area contributed by atoms with Crippen molar-refractivity contribution in [3.05, 3.63) is 88.1 Å². The topological polar surface area (TPSA) is 54.9 Å². The van der Waals surface area contributed by atoms with E-state index >= 15 is 0 Å². The van der Waals surface area contributed by atoms with E-state index in [-0.39, 0.29) is 10.8 Å². The van der Waals surface area contributed by atoms with Crippen molar-refractivity contribution in [3.63, 3.8) is 0 Å². The molecular formula is C19H13ClFN3OS. The average molecular weight is 386 g/mol. The molecule has 0 saturated carbocycles. The van der Waals surface area contributed by atoms with Gasteiger partial charge in [0.1, 0.15) is 5.82 Å². The summed E-state index contributed by atoms with van der Waals surface area (Å²) in [7, 11) is 0. The fraction of sp³-hybridized carbons (Fsp3) is 0. The first-order chi connectivity index (χ1) is 12.6. The second kappa shape index (κ2) is 8.51. The molecule has 0 aliphatic rings.